The lowest BCUT2D eigenvalue weighted by Crippen LogP contribution is -2.28. The van der Waals surface area contributed by atoms with Gasteiger partial charge in [0, 0.05) is 17.5 Å². The molecule has 0 aromatic carbocycles. The van der Waals surface area contributed by atoms with Crippen LogP contribution in [0.5, 0.6) is 0 Å². The van der Waals surface area contributed by atoms with E-state index in [0.717, 1.165) is 6.54 Å². The summed E-state index contributed by atoms with van der Waals surface area (Å²) in [6.07, 6.45) is 4.12. The Balaban J connectivity index is 2.06. The van der Waals surface area contributed by atoms with Gasteiger partial charge in [0.25, 0.3) is 5.91 Å². The van der Waals surface area contributed by atoms with Gasteiger partial charge in [0.05, 0.1) is 5.56 Å². The molecule has 0 bridgehead atoms. The molecule has 5 heteroatoms. The van der Waals surface area contributed by atoms with Gasteiger partial charge in [0.15, 0.2) is 0 Å². The second kappa shape index (κ2) is 4.96. The summed E-state index contributed by atoms with van der Waals surface area (Å²) in [4.78, 5) is 15.4. The fourth-order valence-corrected chi connectivity index (χ4v) is 3.24. The zero-order valence-electron chi connectivity index (χ0n) is 9.90. The Hall–Kier alpha value is -1.23. The van der Waals surface area contributed by atoms with E-state index in [1.165, 1.54) is 18.6 Å². The number of rotatable bonds is 4. The van der Waals surface area contributed by atoms with E-state index in [-0.39, 0.29) is 4.75 Å². The number of primary amides is 1. The first-order valence-corrected chi connectivity index (χ1v) is 6.72. The van der Waals surface area contributed by atoms with Crippen LogP contribution in [0.4, 0.5) is 5.82 Å². The normalized spacial score (nSPS) is 23.6. The lowest BCUT2D eigenvalue weighted by Gasteiger charge is -2.23. The molecular formula is C12H17N3OS. The van der Waals surface area contributed by atoms with Crippen LogP contribution in [0.2, 0.25) is 0 Å². The molecule has 2 rings (SSSR count). The molecule has 0 saturated carbocycles. The highest BCUT2D eigenvalue weighted by molar-refractivity contribution is 8.00. The number of carbonyl (C=O) groups excluding carboxylic acids is 1. The van der Waals surface area contributed by atoms with Gasteiger partial charge in [-0.3, -0.25) is 4.79 Å². The van der Waals surface area contributed by atoms with E-state index >= 15 is 0 Å². The quantitative estimate of drug-likeness (QED) is 0.857. The van der Waals surface area contributed by atoms with E-state index in [4.69, 9.17) is 5.73 Å². The van der Waals surface area contributed by atoms with Gasteiger partial charge in [-0.25, -0.2) is 4.98 Å². The lowest BCUT2D eigenvalue weighted by molar-refractivity contribution is 0.100. The molecule has 2 heterocycles. The molecule has 3 N–H and O–H groups in total. The van der Waals surface area contributed by atoms with E-state index in [1.807, 2.05) is 11.8 Å². The molecule has 1 aliphatic heterocycles. The molecule has 17 heavy (non-hydrogen) atoms. The maximum Gasteiger partial charge on any atom is 0.252 e. The zero-order chi connectivity index (χ0) is 12.3. The minimum Gasteiger partial charge on any atom is -0.368 e. The third-order valence-corrected chi connectivity index (χ3v) is 4.54. The van der Waals surface area contributed by atoms with Crippen LogP contribution in [0.3, 0.4) is 0 Å². The topological polar surface area (TPSA) is 68.0 Å². The smallest absolute Gasteiger partial charge is 0.252 e. The third-order valence-electron chi connectivity index (χ3n) is 3.00. The number of hydrogen-bond donors (Lipinski definition) is 2. The summed E-state index contributed by atoms with van der Waals surface area (Å²) in [6.45, 7) is 3.06. The van der Waals surface area contributed by atoms with Crippen molar-refractivity contribution in [2.24, 2.45) is 5.73 Å². The number of carbonyl (C=O) groups is 1. The van der Waals surface area contributed by atoms with Crippen molar-refractivity contribution >= 4 is 23.5 Å². The van der Waals surface area contributed by atoms with Crippen molar-refractivity contribution in [2.45, 2.75) is 24.5 Å². The third kappa shape index (κ3) is 2.91. The molecule has 1 aromatic rings. The van der Waals surface area contributed by atoms with Crippen molar-refractivity contribution in [1.82, 2.24) is 4.98 Å². The SMILES string of the molecule is CC1(CNc2ncccc2C(N)=O)CCCS1. The fourth-order valence-electron chi connectivity index (χ4n) is 1.99. The van der Waals surface area contributed by atoms with Crippen LogP contribution in [0, 0.1) is 0 Å². The van der Waals surface area contributed by atoms with E-state index in [2.05, 4.69) is 17.2 Å². The van der Waals surface area contributed by atoms with E-state index in [1.54, 1.807) is 18.3 Å². The van der Waals surface area contributed by atoms with Crippen LogP contribution in [-0.4, -0.2) is 27.9 Å². The molecule has 1 aliphatic rings. The van der Waals surface area contributed by atoms with Gasteiger partial charge in [-0.1, -0.05) is 0 Å². The summed E-state index contributed by atoms with van der Waals surface area (Å²) in [5, 5.41) is 3.24. The molecule has 4 nitrogen and oxygen atoms in total. The van der Waals surface area contributed by atoms with Gasteiger partial charge < -0.3 is 11.1 Å². The minimum absolute atomic E-state index is 0.242. The van der Waals surface area contributed by atoms with Gasteiger partial charge >= 0.3 is 0 Å². The van der Waals surface area contributed by atoms with Crippen LogP contribution >= 0.6 is 11.8 Å². The summed E-state index contributed by atoms with van der Waals surface area (Å²) >= 11 is 1.97. The Morgan fingerprint density at radius 1 is 1.71 bits per heavy atom. The molecule has 0 radical (unpaired) electrons. The first kappa shape index (κ1) is 12.2. The van der Waals surface area contributed by atoms with Crippen LogP contribution < -0.4 is 11.1 Å². The molecule has 1 fully saturated rings. The van der Waals surface area contributed by atoms with Crippen LogP contribution in [0.1, 0.15) is 30.1 Å². The summed E-state index contributed by atoms with van der Waals surface area (Å²) in [7, 11) is 0. The summed E-state index contributed by atoms with van der Waals surface area (Å²) < 4.78 is 0.242. The monoisotopic (exact) mass is 251 g/mol. The Morgan fingerprint density at radius 2 is 2.53 bits per heavy atom. The van der Waals surface area contributed by atoms with Gasteiger partial charge in [0.1, 0.15) is 5.82 Å². The van der Waals surface area contributed by atoms with Gasteiger partial charge in [-0.05, 0) is 37.7 Å². The molecule has 1 unspecified atom stereocenters. The molecular weight excluding hydrogens is 234 g/mol. The first-order chi connectivity index (χ1) is 8.11. The van der Waals surface area contributed by atoms with Crippen molar-refractivity contribution in [3.05, 3.63) is 23.9 Å². The highest BCUT2D eigenvalue weighted by Crippen LogP contribution is 2.37. The summed E-state index contributed by atoms with van der Waals surface area (Å²) in [6, 6.07) is 3.42. The number of pyridine rings is 1. The number of amides is 1. The largest absolute Gasteiger partial charge is 0.368 e. The van der Waals surface area contributed by atoms with Crippen molar-refractivity contribution in [3.63, 3.8) is 0 Å². The predicted octanol–water partition coefficient (Wildman–Crippen LogP) is 1.88. The highest BCUT2D eigenvalue weighted by Gasteiger charge is 2.29. The Kier molecular flexibility index (Phi) is 3.57. The summed E-state index contributed by atoms with van der Waals surface area (Å²) in [5.74, 6) is 1.36. The number of nitrogens with zero attached hydrogens (tertiary/aromatic N) is 1. The van der Waals surface area contributed by atoms with E-state index in [9.17, 15) is 4.79 Å². The Bertz CT molecular complexity index is 416. The number of nitrogens with one attached hydrogen (secondary N) is 1. The lowest BCUT2D eigenvalue weighted by atomic mass is 10.1. The number of hydrogen-bond acceptors (Lipinski definition) is 4. The first-order valence-electron chi connectivity index (χ1n) is 5.73. The van der Waals surface area contributed by atoms with E-state index in [0.29, 0.717) is 11.4 Å². The highest BCUT2D eigenvalue weighted by atomic mass is 32.2. The Labute approximate surface area is 105 Å². The molecule has 0 spiro atoms. The number of anilines is 1. The average molecular weight is 251 g/mol. The molecule has 0 aliphatic carbocycles. The van der Waals surface area contributed by atoms with Gasteiger partial charge in [0.2, 0.25) is 0 Å². The van der Waals surface area contributed by atoms with Crippen LogP contribution in [0.25, 0.3) is 0 Å². The average Bonchev–Trinajstić information content (AvgIpc) is 2.74. The fraction of sp³-hybridized carbons (Fsp3) is 0.500. The van der Waals surface area contributed by atoms with Crippen LogP contribution in [-0.2, 0) is 0 Å². The maximum atomic E-state index is 11.2. The summed E-state index contributed by atoms with van der Waals surface area (Å²) in [5.41, 5.74) is 5.76. The Morgan fingerprint density at radius 3 is 3.18 bits per heavy atom. The van der Waals surface area contributed by atoms with Gasteiger partial charge in [-0.15, -0.1) is 0 Å². The standard InChI is InChI=1S/C12H17N3OS/c1-12(5-3-7-17-12)8-15-11-9(10(13)16)4-2-6-14-11/h2,4,6H,3,5,7-8H2,1H3,(H2,13,16)(H,14,15). The van der Waals surface area contributed by atoms with Crippen molar-refractivity contribution in [1.29, 1.82) is 0 Å². The maximum absolute atomic E-state index is 11.2. The predicted molar refractivity (Wildman–Crippen MR) is 71.3 cm³/mol. The molecule has 92 valence electrons. The molecule has 1 amide bonds. The second-order valence-electron chi connectivity index (χ2n) is 4.52. The van der Waals surface area contributed by atoms with Crippen LogP contribution in [0.15, 0.2) is 18.3 Å². The molecule has 1 aromatic heterocycles. The second-order valence-corrected chi connectivity index (χ2v) is 6.20. The minimum atomic E-state index is -0.440. The number of nitrogens with two attached hydrogens (primary N) is 1. The molecule has 1 atom stereocenters. The number of aromatic nitrogens is 1. The number of thioether (sulfide) groups is 1. The van der Waals surface area contributed by atoms with Crippen molar-refractivity contribution in [2.75, 3.05) is 17.6 Å². The van der Waals surface area contributed by atoms with Gasteiger partial charge in [-0.2, -0.15) is 11.8 Å². The van der Waals surface area contributed by atoms with Crippen molar-refractivity contribution in [3.8, 4) is 0 Å². The zero-order valence-corrected chi connectivity index (χ0v) is 10.7. The van der Waals surface area contributed by atoms with Crippen molar-refractivity contribution < 1.29 is 4.79 Å². The van der Waals surface area contributed by atoms with E-state index < -0.39 is 5.91 Å². The molecule has 1 saturated heterocycles.